The number of carbonyl (C=O) groups excluding carboxylic acids is 1. The smallest absolute Gasteiger partial charge is 0.228 e. The van der Waals surface area contributed by atoms with Gasteiger partial charge in [0, 0.05) is 54.0 Å². The largest absolute Gasteiger partial charge is 0.495 e. The van der Waals surface area contributed by atoms with Crippen LogP contribution < -0.4 is 9.64 Å². The van der Waals surface area contributed by atoms with Crippen molar-refractivity contribution in [3.05, 3.63) is 70.8 Å². The third-order valence-corrected chi connectivity index (χ3v) is 6.95. The third kappa shape index (κ3) is 4.06. The number of hydrogen-bond donors (Lipinski definition) is 0. The molecule has 0 N–H and O–H groups in total. The number of para-hydroxylation sites is 2. The average Bonchev–Trinajstić information content (AvgIpc) is 3.41. The predicted octanol–water partition coefficient (Wildman–Crippen LogP) is 4.62. The number of benzene rings is 2. The normalized spacial score (nSPS) is 14.2. The molecule has 1 aliphatic heterocycles. The van der Waals surface area contributed by atoms with Crippen LogP contribution in [0.4, 0.5) is 5.69 Å². The lowest BCUT2D eigenvalue weighted by Gasteiger charge is -2.36. The topological polar surface area (TPSA) is 50.1 Å². The Kier molecular flexibility index (Phi) is 5.76. The summed E-state index contributed by atoms with van der Waals surface area (Å²) >= 11 is 7.55. The molecule has 4 aromatic rings. The molecule has 2 aromatic carbocycles. The van der Waals surface area contributed by atoms with E-state index < -0.39 is 0 Å². The van der Waals surface area contributed by atoms with Crippen LogP contribution in [0.3, 0.4) is 0 Å². The lowest BCUT2D eigenvalue weighted by molar-refractivity contribution is -0.130. The molecule has 1 amide bonds. The summed E-state index contributed by atoms with van der Waals surface area (Å²) in [4.78, 5) is 22.9. The number of nitrogens with zero attached hydrogens (tertiary/aromatic N) is 4. The highest BCUT2D eigenvalue weighted by Gasteiger charge is 2.24. The number of hydrogen-bond acceptors (Lipinski definition) is 5. The second-order valence-electron chi connectivity index (χ2n) is 7.73. The quantitative estimate of drug-likeness (QED) is 0.431. The Hall–Kier alpha value is -3.03. The molecule has 0 spiro atoms. The Morgan fingerprint density at radius 3 is 2.59 bits per heavy atom. The molecule has 1 saturated heterocycles. The minimum atomic E-state index is 0.145. The molecule has 8 heteroatoms. The highest BCUT2D eigenvalue weighted by atomic mass is 35.5. The number of imidazole rings is 1. The molecular formula is C24H23ClN4O2S. The molecule has 0 unspecified atom stereocenters. The minimum absolute atomic E-state index is 0.145. The van der Waals surface area contributed by atoms with Gasteiger partial charge in [-0.3, -0.25) is 9.20 Å². The number of aromatic nitrogens is 2. The molecule has 0 radical (unpaired) electrons. The molecule has 5 rings (SSSR count). The van der Waals surface area contributed by atoms with Crippen LogP contribution in [0.15, 0.2) is 60.1 Å². The van der Waals surface area contributed by atoms with E-state index >= 15 is 0 Å². The second-order valence-corrected chi connectivity index (χ2v) is 9.00. The summed E-state index contributed by atoms with van der Waals surface area (Å²) in [5.74, 6) is 1.01. The van der Waals surface area contributed by atoms with Gasteiger partial charge in [0.2, 0.25) is 5.91 Å². The van der Waals surface area contributed by atoms with Gasteiger partial charge in [-0.2, -0.15) is 0 Å². The summed E-state index contributed by atoms with van der Waals surface area (Å²) in [6.45, 7) is 2.97. The van der Waals surface area contributed by atoms with Crippen LogP contribution in [0, 0.1) is 0 Å². The standard InChI is InChI=1S/C24H23ClN4O2S/c1-31-22-5-3-2-4-21(22)27-10-12-28(13-11-27)23(30)14-19-16-32-24-26-20(15-29(19)24)17-6-8-18(25)9-7-17/h2-9,15-16H,10-14H2,1H3. The molecule has 3 heterocycles. The number of halogens is 1. The van der Waals surface area contributed by atoms with Gasteiger partial charge in [-0.25, -0.2) is 4.98 Å². The fourth-order valence-corrected chi connectivity index (χ4v) is 5.07. The Labute approximate surface area is 195 Å². The van der Waals surface area contributed by atoms with Gasteiger partial charge < -0.3 is 14.5 Å². The Morgan fingerprint density at radius 2 is 1.84 bits per heavy atom. The Balaban J connectivity index is 1.26. The number of carbonyl (C=O) groups is 1. The first-order valence-electron chi connectivity index (χ1n) is 10.5. The number of rotatable bonds is 5. The van der Waals surface area contributed by atoms with Gasteiger partial charge in [-0.15, -0.1) is 11.3 Å². The highest BCUT2D eigenvalue weighted by Crippen LogP contribution is 2.29. The van der Waals surface area contributed by atoms with Gasteiger partial charge >= 0.3 is 0 Å². The maximum atomic E-state index is 13.0. The zero-order valence-electron chi connectivity index (χ0n) is 17.7. The zero-order valence-corrected chi connectivity index (χ0v) is 19.3. The van der Waals surface area contributed by atoms with Crippen molar-refractivity contribution >= 4 is 39.5 Å². The number of ether oxygens (including phenoxy) is 1. The fraction of sp³-hybridized carbons (Fsp3) is 0.250. The first kappa shape index (κ1) is 20.8. The van der Waals surface area contributed by atoms with E-state index in [1.807, 2.05) is 63.3 Å². The van der Waals surface area contributed by atoms with Gasteiger partial charge in [0.25, 0.3) is 0 Å². The second kappa shape index (κ2) is 8.84. The lowest BCUT2D eigenvalue weighted by Crippen LogP contribution is -2.49. The number of piperazine rings is 1. The Morgan fingerprint density at radius 1 is 1.09 bits per heavy atom. The molecule has 0 aliphatic carbocycles. The minimum Gasteiger partial charge on any atom is -0.495 e. The van der Waals surface area contributed by atoms with Crippen LogP contribution in [0.25, 0.3) is 16.2 Å². The maximum absolute atomic E-state index is 13.0. The average molecular weight is 467 g/mol. The van der Waals surface area contributed by atoms with Gasteiger partial charge in [0.1, 0.15) is 5.75 Å². The van der Waals surface area contributed by atoms with E-state index in [4.69, 9.17) is 21.3 Å². The van der Waals surface area contributed by atoms with E-state index in [0.717, 1.165) is 46.4 Å². The van der Waals surface area contributed by atoms with Crippen LogP contribution in [0.2, 0.25) is 5.02 Å². The molecule has 0 atom stereocenters. The molecule has 0 bridgehead atoms. The maximum Gasteiger partial charge on any atom is 0.228 e. The molecule has 1 aliphatic rings. The first-order valence-corrected chi connectivity index (χ1v) is 11.8. The Bertz CT molecular complexity index is 1240. The summed E-state index contributed by atoms with van der Waals surface area (Å²) in [5.41, 5.74) is 3.94. The van der Waals surface area contributed by atoms with Gasteiger partial charge in [0.05, 0.1) is 24.9 Å². The predicted molar refractivity (Wildman–Crippen MR) is 129 cm³/mol. The third-order valence-electron chi connectivity index (χ3n) is 5.81. The SMILES string of the molecule is COc1ccccc1N1CCN(C(=O)Cc2csc3nc(-c4ccc(Cl)cc4)cn23)CC1. The first-order chi connectivity index (χ1) is 15.6. The molecular weight excluding hydrogens is 444 g/mol. The summed E-state index contributed by atoms with van der Waals surface area (Å²) in [6, 6.07) is 15.7. The lowest BCUT2D eigenvalue weighted by atomic mass is 10.2. The molecule has 0 saturated carbocycles. The van der Waals surface area contributed by atoms with Crippen molar-refractivity contribution in [2.24, 2.45) is 0 Å². The van der Waals surface area contributed by atoms with Crippen LogP contribution in [-0.4, -0.2) is 53.5 Å². The van der Waals surface area contributed by atoms with Crippen molar-refractivity contribution in [1.29, 1.82) is 0 Å². The van der Waals surface area contributed by atoms with Crippen LogP contribution >= 0.6 is 22.9 Å². The molecule has 2 aromatic heterocycles. The number of thiazole rings is 1. The molecule has 6 nitrogen and oxygen atoms in total. The van der Waals surface area contributed by atoms with Crippen molar-refractivity contribution in [2.45, 2.75) is 6.42 Å². The van der Waals surface area contributed by atoms with E-state index in [-0.39, 0.29) is 5.91 Å². The molecule has 164 valence electrons. The fourth-order valence-electron chi connectivity index (χ4n) is 4.07. The van der Waals surface area contributed by atoms with E-state index in [1.165, 1.54) is 0 Å². The number of fused-ring (bicyclic) bond motifs is 1. The van der Waals surface area contributed by atoms with Crippen LogP contribution in [-0.2, 0) is 11.2 Å². The summed E-state index contributed by atoms with van der Waals surface area (Å²) in [6.07, 6.45) is 2.36. The zero-order chi connectivity index (χ0) is 22.1. The van der Waals surface area contributed by atoms with Gasteiger partial charge in [-0.05, 0) is 24.3 Å². The monoisotopic (exact) mass is 466 g/mol. The van der Waals surface area contributed by atoms with Crippen molar-refractivity contribution < 1.29 is 9.53 Å². The number of amides is 1. The molecule has 32 heavy (non-hydrogen) atoms. The number of anilines is 1. The summed E-state index contributed by atoms with van der Waals surface area (Å²) < 4.78 is 7.51. The van der Waals surface area contributed by atoms with E-state index in [0.29, 0.717) is 24.5 Å². The van der Waals surface area contributed by atoms with Crippen molar-refractivity contribution in [3.63, 3.8) is 0 Å². The van der Waals surface area contributed by atoms with Gasteiger partial charge in [-0.1, -0.05) is 35.9 Å². The van der Waals surface area contributed by atoms with Crippen molar-refractivity contribution in [3.8, 4) is 17.0 Å². The van der Waals surface area contributed by atoms with Crippen LogP contribution in [0.1, 0.15) is 5.69 Å². The van der Waals surface area contributed by atoms with E-state index in [9.17, 15) is 4.79 Å². The van der Waals surface area contributed by atoms with Crippen LogP contribution in [0.5, 0.6) is 5.75 Å². The summed E-state index contributed by atoms with van der Waals surface area (Å²) in [7, 11) is 1.69. The van der Waals surface area contributed by atoms with Gasteiger partial charge in [0.15, 0.2) is 4.96 Å². The van der Waals surface area contributed by atoms with Crippen molar-refractivity contribution in [2.75, 3.05) is 38.2 Å². The van der Waals surface area contributed by atoms with Crippen molar-refractivity contribution in [1.82, 2.24) is 14.3 Å². The van der Waals surface area contributed by atoms with E-state index in [1.54, 1.807) is 18.4 Å². The highest BCUT2D eigenvalue weighted by molar-refractivity contribution is 7.15. The molecule has 1 fully saturated rings. The summed E-state index contributed by atoms with van der Waals surface area (Å²) in [5, 5.41) is 2.73. The number of methoxy groups -OCH3 is 1. The van der Waals surface area contributed by atoms with E-state index in [2.05, 4.69) is 11.0 Å².